The van der Waals surface area contributed by atoms with Crippen LogP contribution in [0.25, 0.3) is 0 Å². The summed E-state index contributed by atoms with van der Waals surface area (Å²) in [6.45, 7) is 0. The van der Waals surface area contributed by atoms with E-state index < -0.39 is 5.92 Å². The summed E-state index contributed by atoms with van der Waals surface area (Å²) in [5, 5.41) is 0. The fraction of sp³-hybridized carbons (Fsp3) is 0.235. The molecule has 21 heavy (non-hydrogen) atoms. The lowest BCUT2D eigenvalue weighted by atomic mass is 9.92. The van der Waals surface area contributed by atoms with Crippen molar-refractivity contribution in [3.05, 3.63) is 59.4 Å². The van der Waals surface area contributed by atoms with Crippen molar-refractivity contribution in [2.24, 2.45) is 0 Å². The molecule has 0 aliphatic rings. The molecule has 1 unspecified atom stereocenters. The lowest BCUT2D eigenvalue weighted by molar-refractivity contribution is -0.109. The summed E-state index contributed by atoms with van der Waals surface area (Å²) in [5.41, 5.74) is 1.53. The van der Waals surface area contributed by atoms with Gasteiger partial charge in [-0.05, 0) is 35.7 Å². The first-order valence-electron chi connectivity index (χ1n) is 6.59. The zero-order valence-corrected chi connectivity index (χ0v) is 12.0. The van der Waals surface area contributed by atoms with Gasteiger partial charge in [0.2, 0.25) is 0 Å². The Hall–Kier alpha value is -2.36. The highest BCUT2D eigenvalue weighted by Crippen LogP contribution is 2.29. The van der Waals surface area contributed by atoms with E-state index in [-0.39, 0.29) is 5.82 Å². The van der Waals surface area contributed by atoms with Gasteiger partial charge < -0.3 is 14.3 Å². The fourth-order valence-corrected chi connectivity index (χ4v) is 2.24. The number of methoxy groups -OCH3 is 2. The van der Waals surface area contributed by atoms with Crippen LogP contribution in [0.5, 0.6) is 11.5 Å². The van der Waals surface area contributed by atoms with E-state index in [9.17, 15) is 9.18 Å². The molecule has 0 bridgehead atoms. The Morgan fingerprint density at radius 2 is 1.95 bits per heavy atom. The number of ether oxygens (including phenoxy) is 2. The van der Waals surface area contributed by atoms with Gasteiger partial charge in [-0.1, -0.05) is 18.2 Å². The van der Waals surface area contributed by atoms with Gasteiger partial charge in [-0.3, -0.25) is 0 Å². The largest absolute Gasteiger partial charge is 0.497 e. The zero-order valence-electron chi connectivity index (χ0n) is 12.0. The normalized spacial score (nSPS) is 11.8. The van der Waals surface area contributed by atoms with Gasteiger partial charge in [0.1, 0.15) is 23.6 Å². The van der Waals surface area contributed by atoms with Crippen molar-refractivity contribution in [2.75, 3.05) is 14.2 Å². The second kappa shape index (κ2) is 6.88. The van der Waals surface area contributed by atoms with Crippen LogP contribution >= 0.6 is 0 Å². The van der Waals surface area contributed by atoms with Crippen molar-refractivity contribution in [3.8, 4) is 11.5 Å². The minimum Gasteiger partial charge on any atom is -0.497 e. The van der Waals surface area contributed by atoms with E-state index in [1.807, 2.05) is 12.1 Å². The maximum atomic E-state index is 13.3. The van der Waals surface area contributed by atoms with Crippen LogP contribution in [-0.4, -0.2) is 20.5 Å². The molecule has 0 heterocycles. The Morgan fingerprint density at radius 1 is 1.14 bits per heavy atom. The topological polar surface area (TPSA) is 35.5 Å². The molecule has 0 fully saturated rings. The fourth-order valence-electron chi connectivity index (χ4n) is 2.24. The summed E-state index contributed by atoms with van der Waals surface area (Å²) in [6.07, 6.45) is 1.28. The highest BCUT2D eigenvalue weighted by Gasteiger charge is 2.15. The van der Waals surface area contributed by atoms with Crippen LogP contribution in [0.3, 0.4) is 0 Å². The van der Waals surface area contributed by atoms with Gasteiger partial charge in [-0.15, -0.1) is 0 Å². The summed E-state index contributed by atoms with van der Waals surface area (Å²) >= 11 is 0. The Morgan fingerprint density at radius 3 is 2.57 bits per heavy atom. The first-order chi connectivity index (χ1) is 10.2. The average molecular weight is 288 g/mol. The van der Waals surface area contributed by atoms with E-state index in [0.29, 0.717) is 23.5 Å². The van der Waals surface area contributed by atoms with Crippen LogP contribution in [0.1, 0.15) is 17.0 Å². The van der Waals surface area contributed by atoms with Crippen molar-refractivity contribution in [1.82, 2.24) is 0 Å². The molecule has 0 amide bonds. The quantitative estimate of drug-likeness (QED) is 0.765. The molecular weight excluding hydrogens is 271 g/mol. The van der Waals surface area contributed by atoms with Gasteiger partial charge in [-0.25, -0.2) is 4.39 Å². The van der Waals surface area contributed by atoms with Gasteiger partial charge in [0.25, 0.3) is 0 Å². The van der Waals surface area contributed by atoms with Crippen LogP contribution < -0.4 is 9.47 Å². The average Bonchev–Trinajstić information content (AvgIpc) is 2.52. The predicted molar refractivity (Wildman–Crippen MR) is 78.5 cm³/mol. The van der Waals surface area contributed by atoms with E-state index in [0.717, 1.165) is 11.8 Å². The summed E-state index contributed by atoms with van der Waals surface area (Å²) < 4.78 is 23.8. The monoisotopic (exact) mass is 288 g/mol. The first-order valence-corrected chi connectivity index (χ1v) is 6.59. The molecule has 2 aromatic carbocycles. The molecule has 1 atom stereocenters. The molecule has 4 heteroatoms. The SMILES string of the molecule is COc1ccc(CC(C=O)c2cccc(F)c2)c(OC)c1. The number of hydrogen-bond acceptors (Lipinski definition) is 3. The summed E-state index contributed by atoms with van der Waals surface area (Å²) in [4.78, 5) is 11.4. The molecule has 0 aliphatic carbocycles. The number of carbonyl (C=O) groups is 1. The lowest BCUT2D eigenvalue weighted by Gasteiger charge is -2.14. The highest BCUT2D eigenvalue weighted by molar-refractivity contribution is 5.63. The molecule has 0 aliphatic heterocycles. The van der Waals surface area contributed by atoms with Crippen molar-refractivity contribution in [2.45, 2.75) is 12.3 Å². The van der Waals surface area contributed by atoms with Crippen LogP contribution in [0.15, 0.2) is 42.5 Å². The smallest absolute Gasteiger partial charge is 0.127 e. The van der Waals surface area contributed by atoms with Gasteiger partial charge in [-0.2, -0.15) is 0 Å². The van der Waals surface area contributed by atoms with Crippen LogP contribution in [-0.2, 0) is 11.2 Å². The molecule has 3 nitrogen and oxygen atoms in total. The van der Waals surface area contributed by atoms with Gasteiger partial charge in [0.15, 0.2) is 0 Å². The third-order valence-electron chi connectivity index (χ3n) is 3.38. The summed E-state index contributed by atoms with van der Waals surface area (Å²) in [5.74, 6) is 0.575. The number of rotatable bonds is 6. The van der Waals surface area contributed by atoms with E-state index in [4.69, 9.17) is 9.47 Å². The minimum atomic E-state index is -0.414. The summed E-state index contributed by atoms with van der Waals surface area (Å²) in [7, 11) is 3.14. The van der Waals surface area contributed by atoms with Gasteiger partial charge in [0, 0.05) is 12.0 Å². The number of halogens is 1. The molecular formula is C17H17FO3. The van der Waals surface area contributed by atoms with E-state index in [1.165, 1.54) is 12.1 Å². The molecule has 2 aromatic rings. The Kier molecular flexibility index (Phi) is 4.93. The molecule has 0 saturated carbocycles. The third-order valence-corrected chi connectivity index (χ3v) is 3.38. The zero-order chi connectivity index (χ0) is 15.2. The lowest BCUT2D eigenvalue weighted by Crippen LogP contribution is -2.06. The second-order valence-corrected chi connectivity index (χ2v) is 4.68. The first kappa shape index (κ1) is 15.0. The number of aldehydes is 1. The second-order valence-electron chi connectivity index (χ2n) is 4.68. The number of hydrogen-bond donors (Lipinski definition) is 0. The van der Waals surface area contributed by atoms with Gasteiger partial charge in [0.05, 0.1) is 14.2 Å². The number of carbonyl (C=O) groups excluding carboxylic acids is 1. The Balaban J connectivity index is 2.28. The molecule has 110 valence electrons. The molecule has 0 aromatic heterocycles. The van der Waals surface area contributed by atoms with Gasteiger partial charge >= 0.3 is 0 Å². The maximum absolute atomic E-state index is 13.3. The van der Waals surface area contributed by atoms with Crippen molar-refractivity contribution >= 4 is 6.29 Å². The van der Waals surface area contributed by atoms with E-state index in [1.54, 1.807) is 32.4 Å². The molecule has 0 saturated heterocycles. The van der Waals surface area contributed by atoms with Crippen molar-refractivity contribution in [3.63, 3.8) is 0 Å². The Bertz CT molecular complexity index is 625. The summed E-state index contributed by atoms with van der Waals surface area (Å²) in [6, 6.07) is 11.5. The highest BCUT2D eigenvalue weighted by atomic mass is 19.1. The minimum absolute atomic E-state index is 0.346. The number of benzene rings is 2. The Labute approximate surface area is 123 Å². The molecule has 0 spiro atoms. The molecule has 0 N–H and O–H groups in total. The van der Waals surface area contributed by atoms with Crippen LogP contribution in [0, 0.1) is 5.82 Å². The predicted octanol–water partition coefficient (Wildman–Crippen LogP) is 3.37. The van der Waals surface area contributed by atoms with E-state index >= 15 is 0 Å². The van der Waals surface area contributed by atoms with Crippen molar-refractivity contribution in [1.29, 1.82) is 0 Å². The van der Waals surface area contributed by atoms with Crippen LogP contribution in [0.2, 0.25) is 0 Å². The van der Waals surface area contributed by atoms with Crippen molar-refractivity contribution < 1.29 is 18.7 Å². The van der Waals surface area contributed by atoms with Crippen LogP contribution in [0.4, 0.5) is 4.39 Å². The molecule has 2 rings (SSSR count). The maximum Gasteiger partial charge on any atom is 0.127 e. The molecule has 0 radical (unpaired) electrons. The van der Waals surface area contributed by atoms with E-state index in [2.05, 4.69) is 0 Å². The standard InChI is InChI=1S/C17H17FO3/c1-20-16-7-6-13(17(10-16)21-2)8-14(11-19)12-4-3-5-15(18)9-12/h3-7,9-11,14H,8H2,1-2H3. The third kappa shape index (κ3) is 3.60.